The molecule has 0 amide bonds. The van der Waals surface area contributed by atoms with Crippen molar-refractivity contribution in [3.63, 3.8) is 0 Å². The van der Waals surface area contributed by atoms with Crippen molar-refractivity contribution in [2.45, 2.75) is 90.5 Å². The van der Waals surface area contributed by atoms with E-state index in [1.165, 1.54) is 5.56 Å². The van der Waals surface area contributed by atoms with Crippen LogP contribution in [0.1, 0.15) is 66.8 Å². The third-order valence-electron chi connectivity index (χ3n) is 6.26. The molecule has 1 unspecified atom stereocenters. The lowest BCUT2D eigenvalue weighted by Crippen LogP contribution is -2.43. The van der Waals surface area contributed by atoms with Crippen molar-refractivity contribution in [3.8, 4) is 5.75 Å². The standard InChI is InChI=1S/C20H35BO3Si/c1-15(21-23-19(5,6)20(7,8)24-21)16-11-13-17(14-12-16)22-25(9,10)18(2,3)4/h11-15H,1-10H3. The predicted molar refractivity (Wildman–Crippen MR) is 109 cm³/mol. The first-order valence-corrected chi connectivity index (χ1v) is 12.2. The second-order valence-corrected chi connectivity index (χ2v) is 14.6. The highest BCUT2D eigenvalue weighted by molar-refractivity contribution is 6.74. The Balaban J connectivity index is 2.10. The smallest absolute Gasteiger partial charge is 0.465 e. The molecule has 0 saturated carbocycles. The molecule has 0 radical (unpaired) electrons. The van der Waals surface area contributed by atoms with Crippen molar-refractivity contribution in [2.24, 2.45) is 0 Å². The molecule has 25 heavy (non-hydrogen) atoms. The monoisotopic (exact) mass is 362 g/mol. The molecule has 5 heteroatoms. The maximum atomic E-state index is 6.37. The summed E-state index contributed by atoms with van der Waals surface area (Å²) in [7, 11) is -2.03. The minimum absolute atomic E-state index is 0.169. The molecular formula is C20H35BO3Si. The highest BCUT2D eigenvalue weighted by Crippen LogP contribution is 2.41. The van der Waals surface area contributed by atoms with Crippen LogP contribution < -0.4 is 4.43 Å². The Morgan fingerprint density at radius 2 is 1.40 bits per heavy atom. The van der Waals surface area contributed by atoms with Crippen molar-refractivity contribution >= 4 is 15.4 Å². The molecule has 0 N–H and O–H groups in total. The zero-order valence-electron chi connectivity index (χ0n) is 17.7. The van der Waals surface area contributed by atoms with Gasteiger partial charge < -0.3 is 13.7 Å². The average molecular weight is 362 g/mol. The van der Waals surface area contributed by atoms with Gasteiger partial charge in [-0.2, -0.15) is 0 Å². The third kappa shape index (κ3) is 4.15. The molecule has 3 nitrogen and oxygen atoms in total. The second kappa shape index (κ2) is 6.43. The van der Waals surface area contributed by atoms with E-state index in [1.54, 1.807) is 0 Å². The van der Waals surface area contributed by atoms with Crippen molar-refractivity contribution in [1.82, 2.24) is 0 Å². The molecule has 0 aromatic heterocycles. The molecule has 1 aromatic rings. The van der Waals surface area contributed by atoms with Crippen molar-refractivity contribution < 1.29 is 13.7 Å². The second-order valence-electron chi connectivity index (χ2n) is 9.84. The maximum absolute atomic E-state index is 6.37. The zero-order valence-corrected chi connectivity index (χ0v) is 18.7. The van der Waals surface area contributed by atoms with Crippen LogP contribution in [0.25, 0.3) is 0 Å². The van der Waals surface area contributed by atoms with Gasteiger partial charge in [-0.3, -0.25) is 0 Å². The first-order valence-electron chi connectivity index (χ1n) is 9.31. The third-order valence-corrected chi connectivity index (χ3v) is 10.6. The minimum Gasteiger partial charge on any atom is -0.544 e. The van der Waals surface area contributed by atoms with E-state index < -0.39 is 8.32 Å². The Labute approximate surface area is 155 Å². The molecule has 0 aliphatic carbocycles. The lowest BCUT2D eigenvalue weighted by Gasteiger charge is -2.36. The van der Waals surface area contributed by atoms with Gasteiger partial charge in [0.15, 0.2) is 0 Å². The molecule has 2 rings (SSSR count). The summed E-state index contributed by atoms with van der Waals surface area (Å²) in [6.45, 7) is 21.8. The Hall–Kier alpha value is -0.778. The SMILES string of the molecule is CC(B1OC(C)(C)C(C)(C)O1)c1ccc(O[Si](C)(C)C(C)(C)C)cc1. The zero-order chi connectivity index (χ0) is 19.3. The molecule has 0 spiro atoms. The summed E-state index contributed by atoms with van der Waals surface area (Å²) in [6.07, 6.45) is 0. The van der Waals surface area contributed by atoms with Gasteiger partial charge in [-0.05, 0) is 63.5 Å². The molecule has 0 bridgehead atoms. The fourth-order valence-corrected chi connectivity index (χ4v) is 3.57. The minimum atomic E-state index is -1.80. The fourth-order valence-electron chi connectivity index (χ4n) is 2.54. The number of hydrogen-bond donors (Lipinski definition) is 0. The Kier molecular flexibility index (Phi) is 5.28. The van der Waals surface area contributed by atoms with Crippen molar-refractivity contribution in [2.75, 3.05) is 0 Å². The van der Waals surface area contributed by atoms with E-state index in [4.69, 9.17) is 13.7 Å². The van der Waals surface area contributed by atoms with Gasteiger partial charge in [-0.1, -0.05) is 39.8 Å². The molecule has 1 heterocycles. The number of rotatable bonds is 4. The highest BCUT2D eigenvalue weighted by atomic mass is 28.4. The van der Waals surface area contributed by atoms with Gasteiger partial charge in [0, 0.05) is 5.82 Å². The summed E-state index contributed by atoms with van der Waals surface area (Å²) in [5.41, 5.74) is 0.621. The van der Waals surface area contributed by atoms with Gasteiger partial charge in [0.2, 0.25) is 8.32 Å². The molecule has 1 fully saturated rings. The van der Waals surface area contributed by atoms with Gasteiger partial charge in [0.05, 0.1) is 11.2 Å². The molecule has 1 atom stereocenters. The van der Waals surface area contributed by atoms with Gasteiger partial charge in [0.1, 0.15) is 5.75 Å². The highest BCUT2D eigenvalue weighted by Gasteiger charge is 2.53. The number of benzene rings is 1. The summed E-state index contributed by atoms with van der Waals surface area (Å²) in [6, 6.07) is 8.44. The van der Waals surface area contributed by atoms with Crippen LogP contribution in [0, 0.1) is 0 Å². The van der Waals surface area contributed by atoms with Crippen LogP contribution in [0.5, 0.6) is 5.75 Å². The topological polar surface area (TPSA) is 27.7 Å². The molecule has 140 valence electrons. The van der Waals surface area contributed by atoms with E-state index in [9.17, 15) is 0 Å². The van der Waals surface area contributed by atoms with E-state index >= 15 is 0 Å². The van der Waals surface area contributed by atoms with Crippen LogP contribution >= 0.6 is 0 Å². The van der Waals surface area contributed by atoms with Crippen LogP contribution in [-0.4, -0.2) is 26.6 Å². The Morgan fingerprint density at radius 1 is 0.960 bits per heavy atom. The molecule has 1 aromatic carbocycles. The van der Waals surface area contributed by atoms with Crippen molar-refractivity contribution in [3.05, 3.63) is 29.8 Å². The summed E-state index contributed by atoms with van der Waals surface area (Å²) in [5, 5.41) is 0.196. The average Bonchev–Trinajstić information content (AvgIpc) is 2.66. The lowest BCUT2D eigenvalue weighted by molar-refractivity contribution is 0.00578. The summed E-state index contributed by atoms with van der Waals surface area (Å²) in [5.74, 6) is 1.12. The van der Waals surface area contributed by atoms with Gasteiger partial charge in [0.25, 0.3) is 0 Å². The van der Waals surface area contributed by atoms with E-state index in [0.717, 1.165) is 5.75 Å². The van der Waals surface area contributed by atoms with Crippen LogP contribution in [0.2, 0.25) is 18.1 Å². The molecule has 1 aliphatic rings. The fraction of sp³-hybridized carbons (Fsp3) is 0.700. The van der Waals surface area contributed by atoms with Crippen LogP contribution in [0.15, 0.2) is 24.3 Å². The summed E-state index contributed by atoms with van der Waals surface area (Å²) >= 11 is 0. The maximum Gasteiger partial charge on any atom is 0.465 e. The van der Waals surface area contributed by atoms with Gasteiger partial charge >= 0.3 is 7.12 Å². The number of hydrogen-bond acceptors (Lipinski definition) is 3. The van der Waals surface area contributed by atoms with E-state index in [0.29, 0.717) is 0 Å². The van der Waals surface area contributed by atoms with E-state index in [1.807, 2.05) is 0 Å². The largest absolute Gasteiger partial charge is 0.544 e. The predicted octanol–water partition coefficient (Wildman–Crippen LogP) is 5.81. The van der Waals surface area contributed by atoms with Gasteiger partial charge in [-0.25, -0.2) is 0 Å². The van der Waals surface area contributed by atoms with Crippen LogP contribution in [0.4, 0.5) is 0 Å². The summed E-state index contributed by atoms with van der Waals surface area (Å²) < 4.78 is 18.7. The Bertz CT molecular complexity index is 586. The van der Waals surface area contributed by atoms with Crippen molar-refractivity contribution in [1.29, 1.82) is 0 Å². The van der Waals surface area contributed by atoms with E-state index in [-0.39, 0.29) is 29.2 Å². The first-order chi connectivity index (χ1) is 11.2. The normalized spacial score (nSPS) is 21.3. The van der Waals surface area contributed by atoms with Crippen LogP contribution in [-0.2, 0) is 9.31 Å². The molecular weight excluding hydrogens is 327 g/mol. The molecule has 1 aliphatic heterocycles. The van der Waals surface area contributed by atoms with E-state index in [2.05, 4.69) is 92.7 Å². The quantitative estimate of drug-likeness (QED) is 0.633. The summed E-state index contributed by atoms with van der Waals surface area (Å²) in [4.78, 5) is 0. The van der Waals surface area contributed by atoms with Crippen LogP contribution in [0.3, 0.4) is 0 Å². The molecule has 1 saturated heterocycles. The lowest BCUT2D eigenvalue weighted by atomic mass is 9.69. The Morgan fingerprint density at radius 3 is 1.80 bits per heavy atom. The van der Waals surface area contributed by atoms with Gasteiger partial charge in [-0.15, -0.1) is 0 Å². The first kappa shape index (κ1) is 20.5.